The molecule has 0 spiro atoms. The van der Waals surface area contributed by atoms with Crippen LogP contribution in [0.3, 0.4) is 0 Å². The van der Waals surface area contributed by atoms with E-state index in [1.54, 1.807) is 30.5 Å². The Kier molecular flexibility index (Phi) is 3.35. The Morgan fingerprint density at radius 2 is 2.06 bits per heavy atom. The van der Waals surface area contributed by atoms with Crippen molar-refractivity contribution in [2.45, 2.75) is 13.1 Å². The molecule has 0 amide bonds. The van der Waals surface area contributed by atoms with Gasteiger partial charge in [0, 0.05) is 24.4 Å². The summed E-state index contributed by atoms with van der Waals surface area (Å²) in [5.41, 5.74) is 6.50. The van der Waals surface area contributed by atoms with Gasteiger partial charge >= 0.3 is 0 Å². The minimum absolute atomic E-state index is 0.144. The lowest BCUT2D eigenvalue weighted by Crippen LogP contribution is -2.18. The Labute approximate surface area is 98.3 Å². The van der Waals surface area contributed by atoms with Gasteiger partial charge < -0.3 is 10.3 Å². The van der Waals surface area contributed by atoms with Crippen LogP contribution in [0.1, 0.15) is 11.1 Å². The van der Waals surface area contributed by atoms with Crippen molar-refractivity contribution in [1.29, 1.82) is 0 Å². The van der Waals surface area contributed by atoms with E-state index in [9.17, 15) is 9.18 Å². The Balaban J connectivity index is 2.31. The fourth-order valence-corrected chi connectivity index (χ4v) is 1.62. The van der Waals surface area contributed by atoms with Crippen LogP contribution in [0.15, 0.2) is 47.4 Å². The lowest BCUT2D eigenvalue weighted by Gasteiger charge is -2.07. The molecule has 0 unspecified atom stereocenters. The topological polar surface area (TPSA) is 48.0 Å². The van der Waals surface area contributed by atoms with Gasteiger partial charge in [0.15, 0.2) is 0 Å². The zero-order valence-corrected chi connectivity index (χ0v) is 9.27. The van der Waals surface area contributed by atoms with Crippen molar-refractivity contribution in [1.82, 2.24) is 4.57 Å². The van der Waals surface area contributed by atoms with Crippen LogP contribution in [-0.2, 0) is 13.1 Å². The molecule has 4 heteroatoms. The van der Waals surface area contributed by atoms with E-state index in [1.807, 2.05) is 0 Å². The fraction of sp³-hybridized carbons (Fsp3) is 0.154. The first-order valence-electron chi connectivity index (χ1n) is 5.33. The zero-order chi connectivity index (χ0) is 12.3. The molecule has 0 radical (unpaired) electrons. The van der Waals surface area contributed by atoms with Crippen molar-refractivity contribution >= 4 is 0 Å². The van der Waals surface area contributed by atoms with E-state index in [0.717, 1.165) is 5.56 Å². The third-order valence-electron chi connectivity index (χ3n) is 2.59. The van der Waals surface area contributed by atoms with Gasteiger partial charge in [-0.05, 0) is 17.7 Å². The van der Waals surface area contributed by atoms with Crippen molar-refractivity contribution < 1.29 is 4.39 Å². The molecule has 1 heterocycles. The number of nitrogens with zero attached hydrogens (tertiary/aromatic N) is 1. The minimum atomic E-state index is -0.330. The molecule has 0 atom stereocenters. The Morgan fingerprint density at radius 1 is 1.24 bits per heavy atom. The van der Waals surface area contributed by atoms with Crippen molar-refractivity contribution in [3.05, 3.63) is 69.9 Å². The van der Waals surface area contributed by atoms with Gasteiger partial charge in [-0.2, -0.15) is 0 Å². The summed E-state index contributed by atoms with van der Waals surface area (Å²) in [6, 6.07) is 9.69. The highest BCUT2D eigenvalue weighted by molar-refractivity contribution is 5.24. The maximum absolute atomic E-state index is 13.7. The van der Waals surface area contributed by atoms with Crippen molar-refractivity contribution in [2.24, 2.45) is 5.73 Å². The summed E-state index contributed by atoms with van der Waals surface area (Å²) < 4.78 is 15.1. The molecule has 3 nitrogen and oxygen atoms in total. The third-order valence-corrected chi connectivity index (χ3v) is 2.59. The quantitative estimate of drug-likeness (QED) is 0.871. The summed E-state index contributed by atoms with van der Waals surface area (Å²) in [6.45, 7) is 0.541. The number of benzene rings is 1. The van der Waals surface area contributed by atoms with E-state index in [-0.39, 0.29) is 17.9 Å². The van der Waals surface area contributed by atoms with E-state index in [0.29, 0.717) is 12.1 Å². The molecule has 0 aliphatic heterocycles. The van der Waals surface area contributed by atoms with Gasteiger partial charge in [0.05, 0.1) is 6.54 Å². The lowest BCUT2D eigenvalue weighted by molar-refractivity contribution is 0.594. The standard InChI is InChI=1S/C13H13FN2O/c14-12-7-10(8-15)4-5-11(12)9-16-6-2-1-3-13(16)17/h1-7H,8-9,15H2. The summed E-state index contributed by atoms with van der Waals surface area (Å²) in [5.74, 6) is -0.330. The smallest absolute Gasteiger partial charge is 0.250 e. The van der Waals surface area contributed by atoms with E-state index in [2.05, 4.69) is 0 Å². The highest BCUT2D eigenvalue weighted by atomic mass is 19.1. The third kappa shape index (κ3) is 2.60. The average molecular weight is 232 g/mol. The van der Waals surface area contributed by atoms with Crippen molar-refractivity contribution in [3.63, 3.8) is 0 Å². The average Bonchev–Trinajstić information content (AvgIpc) is 2.34. The largest absolute Gasteiger partial charge is 0.326 e. The van der Waals surface area contributed by atoms with Crippen LogP contribution in [0, 0.1) is 5.82 Å². The van der Waals surface area contributed by atoms with Gasteiger partial charge in [-0.15, -0.1) is 0 Å². The number of hydrogen-bond donors (Lipinski definition) is 1. The molecule has 1 aromatic heterocycles. The second-order valence-corrected chi connectivity index (χ2v) is 3.80. The molecule has 2 rings (SSSR count). The van der Waals surface area contributed by atoms with Gasteiger partial charge in [0.1, 0.15) is 5.82 Å². The van der Waals surface area contributed by atoms with Gasteiger partial charge in [0.2, 0.25) is 0 Å². The molecule has 0 saturated carbocycles. The highest BCUT2D eigenvalue weighted by Gasteiger charge is 2.04. The molecule has 0 aliphatic carbocycles. The van der Waals surface area contributed by atoms with Gasteiger partial charge in [-0.1, -0.05) is 18.2 Å². The first-order chi connectivity index (χ1) is 8.20. The first kappa shape index (κ1) is 11.5. The summed E-state index contributed by atoms with van der Waals surface area (Å²) in [7, 11) is 0. The van der Waals surface area contributed by atoms with E-state index in [1.165, 1.54) is 16.7 Å². The number of pyridine rings is 1. The van der Waals surface area contributed by atoms with E-state index in [4.69, 9.17) is 5.73 Å². The Morgan fingerprint density at radius 3 is 2.71 bits per heavy atom. The summed E-state index contributed by atoms with van der Waals surface area (Å²) >= 11 is 0. The molecule has 88 valence electrons. The van der Waals surface area contributed by atoms with Gasteiger partial charge in [-0.25, -0.2) is 4.39 Å². The molecule has 0 fully saturated rings. The molecule has 0 saturated heterocycles. The molecule has 2 N–H and O–H groups in total. The number of hydrogen-bond acceptors (Lipinski definition) is 2. The van der Waals surface area contributed by atoms with Gasteiger partial charge in [0.25, 0.3) is 5.56 Å². The van der Waals surface area contributed by atoms with Crippen LogP contribution >= 0.6 is 0 Å². The molecule has 2 aromatic rings. The predicted octanol–water partition coefficient (Wildman–Crippen LogP) is 1.49. The molecule has 1 aromatic carbocycles. The summed E-state index contributed by atoms with van der Waals surface area (Å²) in [4.78, 5) is 11.5. The maximum atomic E-state index is 13.7. The normalized spacial score (nSPS) is 10.5. The first-order valence-corrected chi connectivity index (χ1v) is 5.33. The van der Waals surface area contributed by atoms with Crippen molar-refractivity contribution in [3.8, 4) is 0 Å². The van der Waals surface area contributed by atoms with Crippen LogP contribution in [0.2, 0.25) is 0 Å². The van der Waals surface area contributed by atoms with Crippen molar-refractivity contribution in [2.75, 3.05) is 0 Å². The monoisotopic (exact) mass is 232 g/mol. The minimum Gasteiger partial charge on any atom is -0.326 e. The second kappa shape index (κ2) is 4.93. The molecular formula is C13H13FN2O. The highest BCUT2D eigenvalue weighted by Crippen LogP contribution is 2.11. The fourth-order valence-electron chi connectivity index (χ4n) is 1.62. The predicted molar refractivity (Wildman–Crippen MR) is 64.1 cm³/mol. The molecule has 0 aliphatic rings. The van der Waals surface area contributed by atoms with Crippen LogP contribution in [0.5, 0.6) is 0 Å². The van der Waals surface area contributed by atoms with Crippen LogP contribution in [0.25, 0.3) is 0 Å². The lowest BCUT2D eigenvalue weighted by atomic mass is 10.1. The maximum Gasteiger partial charge on any atom is 0.250 e. The zero-order valence-electron chi connectivity index (χ0n) is 9.27. The Hall–Kier alpha value is -1.94. The van der Waals surface area contributed by atoms with E-state index < -0.39 is 0 Å². The number of aromatic nitrogens is 1. The van der Waals surface area contributed by atoms with Crippen LogP contribution in [0.4, 0.5) is 4.39 Å². The van der Waals surface area contributed by atoms with Gasteiger partial charge in [-0.3, -0.25) is 4.79 Å². The van der Waals surface area contributed by atoms with Crippen LogP contribution in [-0.4, -0.2) is 4.57 Å². The van der Waals surface area contributed by atoms with E-state index >= 15 is 0 Å². The summed E-state index contributed by atoms with van der Waals surface area (Å²) in [6.07, 6.45) is 1.64. The number of rotatable bonds is 3. The molecule has 0 bridgehead atoms. The number of nitrogens with two attached hydrogens (primary N) is 1. The summed E-state index contributed by atoms with van der Waals surface area (Å²) in [5, 5.41) is 0. The SMILES string of the molecule is NCc1ccc(Cn2ccccc2=O)c(F)c1. The Bertz CT molecular complexity index is 578. The second-order valence-electron chi connectivity index (χ2n) is 3.80. The van der Waals surface area contributed by atoms with Crippen LogP contribution < -0.4 is 11.3 Å². The molecular weight excluding hydrogens is 219 g/mol. The molecule has 17 heavy (non-hydrogen) atoms. The number of halogens is 1.